The van der Waals surface area contributed by atoms with E-state index in [1.54, 1.807) is 37.3 Å². The summed E-state index contributed by atoms with van der Waals surface area (Å²) in [6.07, 6.45) is 1.07. The molecule has 0 saturated carbocycles. The van der Waals surface area contributed by atoms with E-state index in [2.05, 4.69) is 10.6 Å². The molecule has 0 aliphatic carbocycles. The number of nitrogens with one attached hydrogen (secondary N) is 2. The summed E-state index contributed by atoms with van der Waals surface area (Å²) in [6, 6.07) is 20.5. The monoisotopic (exact) mass is 479 g/mol. The zero-order valence-electron chi connectivity index (χ0n) is 19.7. The second-order valence-corrected chi connectivity index (χ2v) is 10.1. The second-order valence-electron chi connectivity index (χ2n) is 8.23. The van der Waals surface area contributed by atoms with Gasteiger partial charge in [-0.2, -0.15) is 0 Å². The fourth-order valence-electron chi connectivity index (χ4n) is 3.64. The molecule has 0 aromatic heterocycles. The summed E-state index contributed by atoms with van der Waals surface area (Å²) >= 11 is 0. The number of sulfonamides is 1. The van der Waals surface area contributed by atoms with E-state index in [9.17, 15) is 18.0 Å². The Kier molecular flexibility index (Phi) is 7.73. The van der Waals surface area contributed by atoms with Gasteiger partial charge in [-0.25, -0.2) is 8.42 Å². The van der Waals surface area contributed by atoms with Crippen molar-refractivity contribution >= 4 is 33.2 Å². The average molecular weight is 480 g/mol. The minimum atomic E-state index is -3.77. The van der Waals surface area contributed by atoms with E-state index in [-0.39, 0.29) is 11.5 Å². The molecule has 0 bridgehead atoms. The van der Waals surface area contributed by atoms with Crippen LogP contribution in [0.4, 0.5) is 11.4 Å². The van der Waals surface area contributed by atoms with Crippen LogP contribution in [0.2, 0.25) is 0 Å². The molecular weight excluding hydrogens is 450 g/mol. The van der Waals surface area contributed by atoms with Crippen LogP contribution < -0.4 is 14.9 Å². The predicted molar refractivity (Wildman–Crippen MR) is 135 cm³/mol. The van der Waals surface area contributed by atoms with Crippen LogP contribution in [-0.2, 0) is 21.4 Å². The number of carbonyl (C=O) groups excluding carboxylic acids is 2. The van der Waals surface area contributed by atoms with E-state index in [0.29, 0.717) is 17.9 Å². The van der Waals surface area contributed by atoms with Crippen molar-refractivity contribution in [1.82, 2.24) is 5.32 Å². The lowest BCUT2D eigenvalue weighted by Gasteiger charge is -2.30. The number of hydrogen-bond donors (Lipinski definition) is 2. The lowest BCUT2D eigenvalue weighted by atomic mass is 10.1. The molecule has 3 aromatic carbocycles. The van der Waals surface area contributed by atoms with Crippen molar-refractivity contribution in [3.05, 3.63) is 95.1 Å². The van der Waals surface area contributed by atoms with E-state index in [4.69, 9.17) is 0 Å². The highest BCUT2D eigenvalue weighted by Gasteiger charge is 2.30. The first-order valence-electron chi connectivity index (χ1n) is 10.9. The van der Waals surface area contributed by atoms with Crippen LogP contribution in [0.3, 0.4) is 0 Å². The van der Waals surface area contributed by atoms with Gasteiger partial charge in [-0.15, -0.1) is 0 Å². The summed E-state index contributed by atoms with van der Waals surface area (Å²) in [5.74, 6) is -0.892. The van der Waals surface area contributed by atoms with Gasteiger partial charge in [-0.1, -0.05) is 54.6 Å². The number of anilines is 2. The van der Waals surface area contributed by atoms with Crippen molar-refractivity contribution in [2.45, 2.75) is 33.4 Å². The number of hydrogen-bond acceptors (Lipinski definition) is 4. The molecule has 8 heteroatoms. The van der Waals surface area contributed by atoms with Crippen LogP contribution in [0, 0.1) is 13.8 Å². The number of amides is 2. The van der Waals surface area contributed by atoms with E-state index >= 15 is 0 Å². The average Bonchev–Trinajstić information content (AvgIpc) is 2.80. The summed E-state index contributed by atoms with van der Waals surface area (Å²) in [5, 5.41) is 5.59. The maximum absolute atomic E-state index is 13.2. The molecule has 0 spiro atoms. The number of nitrogens with zero attached hydrogens (tertiary/aromatic N) is 1. The van der Waals surface area contributed by atoms with Gasteiger partial charge in [0.25, 0.3) is 5.91 Å². The predicted octanol–water partition coefficient (Wildman–Crippen LogP) is 4.03. The highest BCUT2D eigenvalue weighted by Crippen LogP contribution is 2.27. The Bertz CT molecular complexity index is 1290. The Morgan fingerprint density at radius 3 is 2.26 bits per heavy atom. The summed E-state index contributed by atoms with van der Waals surface area (Å²) in [5.41, 5.74) is 3.59. The van der Waals surface area contributed by atoms with Gasteiger partial charge in [-0.05, 0) is 55.7 Å². The Morgan fingerprint density at radius 1 is 0.941 bits per heavy atom. The lowest BCUT2D eigenvalue weighted by Crippen LogP contribution is -2.46. The minimum Gasteiger partial charge on any atom is -0.348 e. The molecule has 7 nitrogen and oxygen atoms in total. The second kappa shape index (κ2) is 10.5. The van der Waals surface area contributed by atoms with Crippen LogP contribution >= 0.6 is 0 Å². The quantitative estimate of drug-likeness (QED) is 0.510. The Labute approximate surface area is 200 Å². The molecule has 1 atom stereocenters. The molecule has 0 fully saturated rings. The van der Waals surface area contributed by atoms with Crippen molar-refractivity contribution in [1.29, 1.82) is 0 Å². The van der Waals surface area contributed by atoms with Crippen LogP contribution in [0.1, 0.15) is 34.0 Å². The molecule has 178 valence electrons. The normalized spacial score (nSPS) is 12.0. The molecular formula is C26H29N3O4S. The fourth-order valence-corrected chi connectivity index (χ4v) is 4.86. The maximum atomic E-state index is 13.2. The highest BCUT2D eigenvalue weighted by molar-refractivity contribution is 7.92. The van der Waals surface area contributed by atoms with Crippen molar-refractivity contribution < 1.29 is 18.0 Å². The number of rotatable bonds is 8. The van der Waals surface area contributed by atoms with Crippen molar-refractivity contribution in [2.75, 3.05) is 15.9 Å². The van der Waals surface area contributed by atoms with Crippen LogP contribution in [0.25, 0.3) is 0 Å². The molecule has 0 aliphatic rings. The SMILES string of the molecule is Cc1ccc(C)c(N([C@H](C)C(=O)Nc2ccccc2C(=O)NCc2ccccc2)S(C)(=O)=O)c1. The Balaban J connectivity index is 1.83. The number of benzene rings is 3. The van der Waals surface area contributed by atoms with Gasteiger partial charge in [0.15, 0.2) is 0 Å². The largest absolute Gasteiger partial charge is 0.348 e. The molecule has 0 saturated heterocycles. The molecule has 0 unspecified atom stereocenters. The van der Waals surface area contributed by atoms with Crippen LogP contribution in [0.5, 0.6) is 0 Å². The topological polar surface area (TPSA) is 95.6 Å². The van der Waals surface area contributed by atoms with Gasteiger partial charge >= 0.3 is 0 Å². The summed E-state index contributed by atoms with van der Waals surface area (Å²) in [4.78, 5) is 26.0. The molecule has 0 aliphatic heterocycles. The van der Waals surface area contributed by atoms with Crippen molar-refractivity contribution in [3.63, 3.8) is 0 Å². The van der Waals surface area contributed by atoms with Crippen LogP contribution in [0.15, 0.2) is 72.8 Å². The molecule has 3 rings (SSSR count). The molecule has 0 heterocycles. The standard InChI is InChI=1S/C26H29N3O4S/c1-18-14-15-19(2)24(16-18)29(34(4,32)33)20(3)25(30)28-23-13-9-8-12-22(23)26(31)27-17-21-10-6-5-7-11-21/h5-16,20H,17H2,1-4H3,(H,27,31)(H,28,30)/t20-/m1/s1. The Hall–Kier alpha value is -3.65. The molecule has 2 amide bonds. The summed E-state index contributed by atoms with van der Waals surface area (Å²) in [6.45, 7) is 5.52. The van der Waals surface area contributed by atoms with Crippen LogP contribution in [-0.4, -0.2) is 32.5 Å². The van der Waals surface area contributed by atoms with Gasteiger partial charge in [0.2, 0.25) is 15.9 Å². The zero-order chi connectivity index (χ0) is 24.9. The third-order valence-electron chi connectivity index (χ3n) is 5.42. The number of aryl methyl sites for hydroxylation is 2. The molecule has 2 N–H and O–H groups in total. The first-order valence-corrected chi connectivity index (χ1v) is 12.7. The lowest BCUT2D eigenvalue weighted by molar-refractivity contribution is -0.116. The van der Waals surface area contributed by atoms with Gasteiger partial charge < -0.3 is 10.6 Å². The third kappa shape index (κ3) is 6.02. The van der Waals surface area contributed by atoms with Gasteiger partial charge in [0.1, 0.15) is 6.04 Å². The zero-order valence-corrected chi connectivity index (χ0v) is 20.5. The van der Waals surface area contributed by atoms with Gasteiger partial charge in [0, 0.05) is 6.54 Å². The third-order valence-corrected chi connectivity index (χ3v) is 6.64. The van der Waals surface area contributed by atoms with E-state index in [1.165, 1.54) is 6.92 Å². The first-order chi connectivity index (χ1) is 16.1. The number of carbonyl (C=O) groups is 2. The van der Waals surface area contributed by atoms with E-state index in [0.717, 1.165) is 27.3 Å². The Morgan fingerprint density at radius 2 is 1.59 bits per heavy atom. The maximum Gasteiger partial charge on any atom is 0.253 e. The minimum absolute atomic E-state index is 0.289. The fraction of sp³-hybridized carbons (Fsp3) is 0.231. The van der Waals surface area contributed by atoms with E-state index in [1.807, 2.05) is 49.4 Å². The summed E-state index contributed by atoms with van der Waals surface area (Å²) in [7, 11) is -3.77. The summed E-state index contributed by atoms with van der Waals surface area (Å²) < 4.78 is 26.5. The number of para-hydroxylation sites is 1. The molecule has 3 aromatic rings. The van der Waals surface area contributed by atoms with E-state index < -0.39 is 22.0 Å². The highest BCUT2D eigenvalue weighted by atomic mass is 32.2. The van der Waals surface area contributed by atoms with Gasteiger partial charge in [0.05, 0.1) is 23.2 Å². The first kappa shape index (κ1) is 25.0. The van der Waals surface area contributed by atoms with Gasteiger partial charge in [-0.3, -0.25) is 13.9 Å². The molecule has 34 heavy (non-hydrogen) atoms. The molecule has 0 radical (unpaired) electrons. The van der Waals surface area contributed by atoms with Crippen molar-refractivity contribution in [3.8, 4) is 0 Å². The van der Waals surface area contributed by atoms with Crippen molar-refractivity contribution in [2.24, 2.45) is 0 Å². The smallest absolute Gasteiger partial charge is 0.253 e.